The Kier molecular flexibility index (Phi) is 1.89. The average Bonchev–Trinajstić information content (AvgIpc) is 2.47. The van der Waals surface area contributed by atoms with Crippen molar-refractivity contribution in [2.24, 2.45) is 0 Å². The SMILES string of the molecule is N#Cc1cn([N+](=O)[O-])nc1[N+](=O)[O-]. The molecular formula is C4HN5O4. The molecule has 0 aliphatic carbocycles. The smallest absolute Gasteiger partial charge is 0.358 e. The van der Waals surface area contributed by atoms with Crippen LogP contribution in [0, 0.1) is 31.6 Å². The minimum absolute atomic E-state index is 0.122. The molecular weight excluding hydrogens is 182 g/mol. The molecule has 0 aliphatic heterocycles. The van der Waals surface area contributed by atoms with Crippen LogP contribution in [0.3, 0.4) is 0 Å². The van der Waals surface area contributed by atoms with Crippen molar-refractivity contribution in [3.63, 3.8) is 0 Å². The van der Waals surface area contributed by atoms with Crippen molar-refractivity contribution in [1.29, 1.82) is 5.26 Å². The second-order valence-electron chi connectivity index (χ2n) is 1.89. The van der Waals surface area contributed by atoms with Crippen molar-refractivity contribution in [3.05, 3.63) is 32.0 Å². The van der Waals surface area contributed by atoms with E-state index >= 15 is 0 Å². The molecule has 0 saturated carbocycles. The van der Waals surface area contributed by atoms with Crippen molar-refractivity contribution in [3.8, 4) is 6.07 Å². The van der Waals surface area contributed by atoms with Gasteiger partial charge >= 0.3 is 5.82 Å². The molecule has 13 heavy (non-hydrogen) atoms. The molecule has 1 heterocycles. The van der Waals surface area contributed by atoms with E-state index < -0.39 is 21.3 Å². The van der Waals surface area contributed by atoms with Crippen LogP contribution in [-0.2, 0) is 0 Å². The zero-order chi connectivity index (χ0) is 10.0. The summed E-state index contributed by atoms with van der Waals surface area (Å²) in [5.74, 6) is -0.820. The first-order chi connectivity index (χ1) is 6.06. The van der Waals surface area contributed by atoms with E-state index in [-0.39, 0.29) is 4.79 Å². The fourth-order valence-corrected chi connectivity index (χ4v) is 0.650. The third-order valence-corrected chi connectivity index (χ3v) is 1.14. The van der Waals surface area contributed by atoms with Gasteiger partial charge in [-0.1, -0.05) is 0 Å². The standard InChI is InChI=1S/C4HN5O4/c5-1-3-2-7(9(12)13)6-4(3)8(10)11/h2H. The van der Waals surface area contributed by atoms with Gasteiger partial charge in [-0.05, 0) is 4.92 Å². The van der Waals surface area contributed by atoms with Gasteiger partial charge in [-0.15, -0.1) is 0 Å². The van der Waals surface area contributed by atoms with E-state index in [0.717, 1.165) is 0 Å². The molecule has 0 N–H and O–H groups in total. The van der Waals surface area contributed by atoms with E-state index in [0.29, 0.717) is 6.20 Å². The largest absolute Gasteiger partial charge is 0.412 e. The summed E-state index contributed by atoms with van der Waals surface area (Å²) in [6.07, 6.45) is 0.679. The summed E-state index contributed by atoms with van der Waals surface area (Å²) in [7, 11) is 0. The zero-order valence-electron chi connectivity index (χ0n) is 5.95. The van der Waals surface area contributed by atoms with Gasteiger partial charge in [0.1, 0.15) is 17.4 Å². The number of nitrogens with zero attached hydrogens (tertiary/aromatic N) is 5. The maximum absolute atomic E-state index is 10.2. The fourth-order valence-electron chi connectivity index (χ4n) is 0.650. The summed E-state index contributed by atoms with van der Waals surface area (Å²) in [6.45, 7) is 0. The molecule has 9 heteroatoms. The lowest BCUT2D eigenvalue weighted by molar-refractivity contribution is -0.554. The Hall–Kier alpha value is -2.50. The van der Waals surface area contributed by atoms with Gasteiger partial charge in [0.05, 0.1) is 5.03 Å². The molecule has 0 aliphatic rings. The highest BCUT2D eigenvalue weighted by atomic mass is 16.7. The number of aromatic nitrogens is 2. The molecule has 1 aromatic heterocycles. The molecule has 9 nitrogen and oxygen atoms in total. The Labute approximate surface area is 70.1 Å². The van der Waals surface area contributed by atoms with Crippen LogP contribution < -0.4 is 0 Å². The Bertz CT molecular complexity index is 415. The van der Waals surface area contributed by atoms with Gasteiger partial charge in [0.25, 0.3) is 0 Å². The van der Waals surface area contributed by atoms with E-state index in [1.807, 2.05) is 0 Å². The first kappa shape index (κ1) is 8.60. The van der Waals surface area contributed by atoms with Crippen LogP contribution in [0.1, 0.15) is 5.56 Å². The second-order valence-corrected chi connectivity index (χ2v) is 1.89. The van der Waals surface area contributed by atoms with Crippen LogP contribution in [0.5, 0.6) is 0 Å². The molecule has 0 fully saturated rings. The lowest BCUT2D eigenvalue weighted by Gasteiger charge is -1.86. The monoisotopic (exact) mass is 183 g/mol. The maximum Gasteiger partial charge on any atom is 0.412 e. The first-order valence-corrected chi connectivity index (χ1v) is 2.85. The van der Waals surface area contributed by atoms with E-state index in [4.69, 9.17) is 5.26 Å². The highest BCUT2D eigenvalue weighted by Crippen LogP contribution is 2.13. The molecule has 0 spiro atoms. The average molecular weight is 183 g/mol. The quantitative estimate of drug-likeness (QED) is 0.457. The Balaban J connectivity index is 3.29. The van der Waals surface area contributed by atoms with Gasteiger partial charge in [-0.2, -0.15) is 5.26 Å². The van der Waals surface area contributed by atoms with Crippen molar-refractivity contribution in [2.45, 2.75) is 0 Å². The summed E-state index contributed by atoms with van der Waals surface area (Å²) >= 11 is 0. The van der Waals surface area contributed by atoms with Crippen LogP contribution in [-0.4, -0.2) is 19.8 Å². The second kappa shape index (κ2) is 2.86. The van der Waals surface area contributed by atoms with Crippen molar-refractivity contribution in [1.82, 2.24) is 9.89 Å². The highest BCUT2D eigenvalue weighted by Gasteiger charge is 2.22. The predicted octanol–water partition coefficient (Wildman–Crippen LogP) is -0.297. The van der Waals surface area contributed by atoms with Gasteiger partial charge < -0.3 is 20.2 Å². The van der Waals surface area contributed by atoms with Crippen molar-refractivity contribution >= 4 is 5.82 Å². The molecule has 0 radical (unpaired) electrons. The van der Waals surface area contributed by atoms with Crippen molar-refractivity contribution < 1.29 is 9.96 Å². The number of nitriles is 1. The molecule has 0 unspecified atom stereocenters. The van der Waals surface area contributed by atoms with E-state index in [2.05, 4.69) is 5.10 Å². The molecule has 66 valence electrons. The van der Waals surface area contributed by atoms with E-state index in [1.54, 1.807) is 0 Å². The van der Waals surface area contributed by atoms with Crippen LogP contribution >= 0.6 is 0 Å². The summed E-state index contributed by atoms with van der Waals surface area (Å²) in [5.41, 5.74) is -0.443. The Morgan fingerprint density at radius 3 is 2.46 bits per heavy atom. The van der Waals surface area contributed by atoms with Gasteiger partial charge in [0.2, 0.25) is 0 Å². The number of hydrogen-bond acceptors (Lipinski definition) is 6. The van der Waals surface area contributed by atoms with E-state index in [9.17, 15) is 20.2 Å². The number of hydrogen-bond donors (Lipinski definition) is 0. The van der Waals surface area contributed by atoms with Gasteiger partial charge in [0, 0.05) is 4.79 Å². The van der Waals surface area contributed by atoms with Crippen LogP contribution in [0.2, 0.25) is 0 Å². The summed E-state index contributed by atoms with van der Waals surface area (Å²) < 4.78 is 0. The number of rotatable bonds is 2. The summed E-state index contributed by atoms with van der Waals surface area (Å²) in [5, 5.41) is 30.6. The summed E-state index contributed by atoms with van der Waals surface area (Å²) in [4.78, 5) is 19.4. The minimum Gasteiger partial charge on any atom is -0.358 e. The Morgan fingerprint density at radius 1 is 1.54 bits per heavy atom. The van der Waals surface area contributed by atoms with Crippen LogP contribution in [0.15, 0.2) is 6.20 Å². The fraction of sp³-hybridized carbons (Fsp3) is 0. The first-order valence-electron chi connectivity index (χ1n) is 2.85. The highest BCUT2D eigenvalue weighted by molar-refractivity contribution is 5.40. The minimum atomic E-state index is -0.978. The predicted molar refractivity (Wildman–Crippen MR) is 36.0 cm³/mol. The third-order valence-electron chi connectivity index (χ3n) is 1.14. The molecule has 1 rings (SSSR count). The van der Waals surface area contributed by atoms with Crippen LogP contribution in [0.25, 0.3) is 0 Å². The van der Waals surface area contributed by atoms with Gasteiger partial charge in [-0.25, -0.2) is 0 Å². The van der Waals surface area contributed by atoms with Gasteiger partial charge in [-0.3, -0.25) is 0 Å². The van der Waals surface area contributed by atoms with E-state index in [1.165, 1.54) is 6.07 Å². The molecule has 0 bridgehead atoms. The molecule has 0 saturated heterocycles. The lowest BCUT2D eigenvalue weighted by atomic mass is 10.4. The Morgan fingerprint density at radius 2 is 2.15 bits per heavy atom. The normalized spacial score (nSPS) is 9.15. The zero-order valence-corrected chi connectivity index (χ0v) is 5.95. The summed E-state index contributed by atoms with van der Waals surface area (Å²) in [6, 6.07) is 1.42. The molecule has 0 atom stereocenters. The molecule has 0 amide bonds. The molecule has 1 aromatic rings. The van der Waals surface area contributed by atoms with Crippen LogP contribution in [0.4, 0.5) is 5.82 Å². The number of nitro groups is 2. The van der Waals surface area contributed by atoms with Gasteiger partial charge in [0.15, 0.2) is 5.56 Å². The lowest BCUT2D eigenvalue weighted by Crippen LogP contribution is -2.08. The molecule has 0 aromatic carbocycles. The maximum atomic E-state index is 10.2. The topological polar surface area (TPSA) is 128 Å². The third kappa shape index (κ3) is 1.41. The van der Waals surface area contributed by atoms with Crippen molar-refractivity contribution in [2.75, 3.05) is 0 Å².